The Morgan fingerprint density at radius 3 is 2.41 bits per heavy atom. The zero-order valence-electron chi connectivity index (χ0n) is 10.9. The summed E-state index contributed by atoms with van der Waals surface area (Å²) < 4.78 is 0. The molecule has 0 aromatic carbocycles. The van der Waals surface area contributed by atoms with Crippen LogP contribution in [0.2, 0.25) is 0 Å². The predicted molar refractivity (Wildman–Crippen MR) is 65.5 cm³/mol. The number of nitrogens with one attached hydrogen (secondary N) is 1. The molecule has 17 heavy (non-hydrogen) atoms. The van der Waals surface area contributed by atoms with Gasteiger partial charge in [0.1, 0.15) is 0 Å². The highest BCUT2D eigenvalue weighted by molar-refractivity contribution is 5.81. The molecule has 1 aliphatic carbocycles. The number of amides is 1. The van der Waals surface area contributed by atoms with Gasteiger partial charge in [0.25, 0.3) is 0 Å². The van der Waals surface area contributed by atoms with E-state index in [1.807, 2.05) is 6.92 Å². The van der Waals surface area contributed by atoms with Crippen molar-refractivity contribution >= 4 is 11.9 Å². The van der Waals surface area contributed by atoms with Crippen LogP contribution in [-0.2, 0) is 9.59 Å². The number of carbonyl (C=O) groups is 2. The molecule has 0 heterocycles. The smallest absolute Gasteiger partial charge is 0.306 e. The van der Waals surface area contributed by atoms with E-state index in [0.29, 0.717) is 12.3 Å². The van der Waals surface area contributed by atoms with Gasteiger partial charge in [-0.3, -0.25) is 9.59 Å². The van der Waals surface area contributed by atoms with E-state index in [0.717, 1.165) is 19.3 Å². The maximum absolute atomic E-state index is 11.6. The fraction of sp³-hybridized carbons (Fsp3) is 0.846. The molecule has 0 spiro atoms. The largest absolute Gasteiger partial charge is 0.481 e. The number of aliphatic carboxylic acids is 1. The van der Waals surface area contributed by atoms with Crippen LogP contribution in [0.25, 0.3) is 0 Å². The summed E-state index contributed by atoms with van der Waals surface area (Å²) in [5.41, 5.74) is 0. The second kappa shape index (κ2) is 6.03. The Balaban J connectivity index is 2.10. The number of hydrogen-bond donors (Lipinski definition) is 2. The molecule has 4 atom stereocenters. The summed E-state index contributed by atoms with van der Waals surface area (Å²) in [4.78, 5) is 22.2. The van der Waals surface area contributed by atoms with Crippen LogP contribution in [0.3, 0.4) is 0 Å². The van der Waals surface area contributed by atoms with E-state index < -0.39 is 5.97 Å². The van der Waals surface area contributed by atoms with Gasteiger partial charge in [-0.1, -0.05) is 20.3 Å². The lowest BCUT2D eigenvalue weighted by Gasteiger charge is -2.14. The molecule has 1 aliphatic rings. The van der Waals surface area contributed by atoms with E-state index in [-0.39, 0.29) is 23.8 Å². The van der Waals surface area contributed by atoms with Crippen molar-refractivity contribution in [2.45, 2.75) is 52.5 Å². The van der Waals surface area contributed by atoms with Crippen LogP contribution in [0, 0.1) is 17.8 Å². The van der Waals surface area contributed by atoms with E-state index in [1.54, 1.807) is 6.92 Å². The van der Waals surface area contributed by atoms with Gasteiger partial charge in [0.2, 0.25) is 5.91 Å². The van der Waals surface area contributed by atoms with E-state index in [9.17, 15) is 9.59 Å². The van der Waals surface area contributed by atoms with Crippen LogP contribution in [-0.4, -0.2) is 23.0 Å². The predicted octanol–water partition coefficient (Wildman–Crippen LogP) is 2.04. The minimum absolute atomic E-state index is 0.149. The number of carboxylic acids is 1. The molecule has 4 nitrogen and oxygen atoms in total. The van der Waals surface area contributed by atoms with Crippen molar-refractivity contribution in [3.63, 3.8) is 0 Å². The fourth-order valence-electron chi connectivity index (χ4n) is 1.96. The van der Waals surface area contributed by atoms with Crippen LogP contribution in [0.5, 0.6) is 0 Å². The molecular weight excluding hydrogens is 218 g/mol. The second-order valence-corrected chi connectivity index (χ2v) is 5.40. The van der Waals surface area contributed by atoms with Gasteiger partial charge in [-0.25, -0.2) is 0 Å². The normalized spacial score (nSPS) is 26.1. The Labute approximate surface area is 103 Å². The summed E-state index contributed by atoms with van der Waals surface area (Å²) in [6.07, 6.45) is 3.38. The summed E-state index contributed by atoms with van der Waals surface area (Å²) >= 11 is 0. The maximum Gasteiger partial charge on any atom is 0.306 e. The highest BCUT2D eigenvalue weighted by Crippen LogP contribution is 2.37. The standard InChI is InChI=1S/C13H23NO3/c1-8(13(16)17)5-4-6-10(3)14-12(15)11-7-9(11)2/h8-11H,4-7H2,1-3H3,(H,14,15)(H,16,17). The first-order valence-corrected chi connectivity index (χ1v) is 6.45. The summed E-state index contributed by atoms with van der Waals surface area (Å²) in [6.45, 7) is 5.79. The topological polar surface area (TPSA) is 66.4 Å². The molecule has 0 saturated heterocycles. The van der Waals surface area contributed by atoms with Gasteiger partial charge in [0.15, 0.2) is 0 Å². The van der Waals surface area contributed by atoms with Gasteiger partial charge in [0, 0.05) is 12.0 Å². The van der Waals surface area contributed by atoms with Gasteiger partial charge < -0.3 is 10.4 Å². The fourth-order valence-corrected chi connectivity index (χ4v) is 1.96. The van der Waals surface area contributed by atoms with Crippen molar-refractivity contribution in [1.82, 2.24) is 5.32 Å². The van der Waals surface area contributed by atoms with Crippen LogP contribution in [0.4, 0.5) is 0 Å². The molecular formula is C13H23NO3. The Hall–Kier alpha value is -1.06. The minimum Gasteiger partial charge on any atom is -0.481 e. The molecule has 98 valence electrons. The number of carboxylic acid groups (broad SMARTS) is 1. The molecule has 0 aromatic heterocycles. The Morgan fingerprint density at radius 1 is 1.35 bits per heavy atom. The van der Waals surface area contributed by atoms with Crippen LogP contribution < -0.4 is 5.32 Å². The molecule has 2 N–H and O–H groups in total. The minimum atomic E-state index is -0.742. The van der Waals surface area contributed by atoms with Crippen LogP contribution in [0.15, 0.2) is 0 Å². The lowest BCUT2D eigenvalue weighted by molar-refractivity contribution is -0.141. The average Bonchev–Trinajstić information content (AvgIpc) is 2.95. The molecule has 0 bridgehead atoms. The lowest BCUT2D eigenvalue weighted by Crippen LogP contribution is -2.34. The van der Waals surface area contributed by atoms with E-state index in [4.69, 9.17) is 5.11 Å². The quantitative estimate of drug-likeness (QED) is 0.716. The summed E-state index contributed by atoms with van der Waals surface area (Å²) in [7, 11) is 0. The Bertz CT molecular complexity index is 290. The first kappa shape index (κ1) is 14.0. The number of carbonyl (C=O) groups excluding carboxylic acids is 1. The highest BCUT2D eigenvalue weighted by atomic mass is 16.4. The zero-order chi connectivity index (χ0) is 13.0. The molecule has 1 fully saturated rings. The van der Waals surface area contributed by atoms with Crippen molar-refractivity contribution < 1.29 is 14.7 Å². The average molecular weight is 241 g/mol. The Morgan fingerprint density at radius 2 is 1.94 bits per heavy atom. The highest BCUT2D eigenvalue weighted by Gasteiger charge is 2.39. The third kappa shape index (κ3) is 4.75. The molecule has 4 unspecified atom stereocenters. The van der Waals surface area contributed by atoms with Gasteiger partial charge in [-0.05, 0) is 32.1 Å². The molecule has 0 aromatic rings. The van der Waals surface area contributed by atoms with E-state index >= 15 is 0 Å². The third-order valence-corrected chi connectivity index (χ3v) is 3.53. The summed E-state index contributed by atoms with van der Waals surface area (Å²) in [5, 5.41) is 11.7. The van der Waals surface area contributed by atoms with Crippen molar-refractivity contribution in [3.8, 4) is 0 Å². The van der Waals surface area contributed by atoms with Crippen molar-refractivity contribution in [2.24, 2.45) is 17.8 Å². The van der Waals surface area contributed by atoms with Gasteiger partial charge in [0.05, 0.1) is 5.92 Å². The summed E-state index contributed by atoms with van der Waals surface area (Å²) in [6, 6.07) is 0.149. The van der Waals surface area contributed by atoms with E-state index in [1.165, 1.54) is 0 Å². The second-order valence-electron chi connectivity index (χ2n) is 5.40. The molecule has 0 aliphatic heterocycles. The first-order chi connectivity index (χ1) is 7.91. The Kier molecular flexibility index (Phi) is 4.97. The lowest BCUT2D eigenvalue weighted by atomic mass is 10.0. The van der Waals surface area contributed by atoms with Gasteiger partial charge in [-0.2, -0.15) is 0 Å². The third-order valence-electron chi connectivity index (χ3n) is 3.53. The van der Waals surface area contributed by atoms with Gasteiger partial charge >= 0.3 is 5.97 Å². The molecule has 0 radical (unpaired) electrons. The SMILES string of the molecule is CC(CCCC(C)C(=O)O)NC(=O)C1CC1C. The number of rotatable bonds is 7. The maximum atomic E-state index is 11.6. The monoisotopic (exact) mass is 241 g/mol. The van der Waals surface area contributed by atoms with Crippen LogP contribution in [0.1, 0.15) is 46.5 Å². The molecule has 4 heteroatoms. The van der Waals surface area contributed by atoms with Crippen LogP contribution >= 0.6 is 0 Å². The number of hydrogen-bond acceptors (Lipinski definition) is 2. The molecule has 1 rings (SSSR count). The zero-order valence-corrected chi connectivity index (χ0v) is 10.9. The van der Waals surface area contributed by atoms with Gasteiger partial charge in [-0.15, -0.1) is 0 Å². The summed E-state index contributed by atoms with van der Waals surface area (Å²) in [5.74, 6) is -0.115. The van der Waals surface area contributed by atoms with Crippen molar-refractivity contribution in [2.75, 3.05) is 0 Å². The molecule has 1 saturated carbocycles. The van der Waals surface area contributed by atoms with E-state index in [2.05, 4.69) is 12.2 Å². The molecule has 1 amide bonds. The van der Waals surface area contributed by atoms with Crippen molar-refractivity contribution in [3.05, 3.63) is 0 Å². The van der Waals surface area contributed by atoms with Crippen molar-refractivity contribution in [1.29, 1.82) is 0 Å². The first-order valence-electron chi connectivity index (χ1n) is 6.45.